The van der Waals surface area contributed by atoms with Crippen molar-refractivity contribution in [1.82, 2.24) is 9.88 Å². The molecular weight excluding hydrogens is 496 g/mol. The number of rotatable bonds is 5. The Morgan fingerprint density at radius 2 is 1.38 bits per heavy atom. The highest BCUT2D eigenvalue weighted by atomic mass is 19.4. The molecule has 192 valence electrons. The number of aromatic nitrogens is 1. The molecule has 1 heterocycles. The van der Waals surface area contributed by atoms with Crippen LogP contribution in [0.1, 0.15) is 27.2 Å². The number of hydrogen-bond acceptors (Lipinski definition) is 3. The number of carbonyl (C=O) groups is 1. The van der Waals surface area contributed by atoms with Gasteiger partial charge in [0.2, 0.25) is 0 Å². The van der Waals surface area contributed by atoms with Gasteiger partial charge in [0.1, 0.15) is 11.5 Å². The van der Waals surface area contributed by atoms with E-state index in [9.17, 15) is 31.1 Å². The molecule has 1 N–H and O–H groups in total. The number of pyridine rings is 1. The Hall–Kier alpha value is -4.08. The van der Waals surface area contributed by atoms with Crippen LogP contribution in [-0.2, 0) is 18.9 Å². The van der Waals surface area contributed by atoms with Crippen LogP contribution in [0.4, 0.5) is 32.2 Å². The molecule has 4 aromatic rings. The van der Waals surface area contributed by atoms with Gasteiger partial charge in [-0.2, -0.15) is 26.3 Å². The average Bonchev–Trinajstić information content (AvgIpc) is 2.86. The standard InChI is InChI=1S/C27H21F6N3O/c1-34-24-21-11-7-6-10-20(21)22(17-8-4-3-5-9-17)23(35-24)25(37)36(2)15-16-12-18(26(28,29)30)14-19(13-16)27(31,32)33/h3-14H,15H2,1-2H3,(H,34,35). The lowest BCUT2D eigenvalue weighted by Gasteiger charge is -2.22. The second kappa shape index (κ2) is 9.76. The monoisotopic (exact) mass is 517 g/mol. The normalized spacial score (nSPS) is 12.0. The fraction of sp³-hybridized carbons (Fsp3) is 0.185. The molecule has 0 aliphatic carbocycles. The van der Waals surface area contributed by atoms with Crippen molar-refractivity contribution in [3.05, 3.63) is 95.2 Å². The summed E-state index contributed by atoms with van der Waals surface area (Å²) in [5, 5.41) is 4.41. The summed E-state index contributed by atoms with van der Waals surface area (Å²) in [4.78, 5) is 19.2. The van der Waals surface area contributed by atoms with E-state index >= 15 is 0 Å². The van der Waals surface area contributed by atoms with E-state index in [1.54, 1.807) is 43.4 Å². The summed E-state index contributed by atoms with van der Waals surface area (Å²) in [6.45, 7) is -0.497. The van der Waals surface area contributed by atoms with Crippen LogP contribution in [0.2, 0.25) is 0 Å². The van der Waals surface area contributed by atoms with E-state index in [1.165, 1.54) is 7.05 Å². The van der Waals surface area contributed by atoms with Crippen LogP contribution in [-0.4, -0.2) is 29.9 Å². The zero-order valence-corrected chi connectivity index (χ0v) is 19.7. The van der Waals surface area contributed by atoms with E-state index in [2.05, 4.69) is 10.3 Å². The minimum Gasteiger partial charge on any atom is -0.373 e. The third-order valence-corrected chi connectivity index (χ3v) is 5.83. The van der Waals surface area contributed by atoms with E-state index in [0.717, 1.165) is 10.3 Å². The Bertz CT molecular complexity index is 1420. The molecule has 0 radical (unpaired) electrons. The molecule has 0 bridgehead atoms. The molecule has 4 rings (SSSR count). The topological polar surface area (TPSA) is 45.2 Å². The van der Waals surface area contributed by atoms with Gasteiger partial charge in [-0.05, 0) is 34.7 Å². The Morgan fingerprint density at radius 1 is 0.838 bits per heavy atom. The fourth-order valence-corrected chi connectivity index (χ4v) is 4.14. The number of halogens is 6. The lowest BCUT2D eigenvalue weighted by molar-refractivity contribution is -0.143. The van der Waals surface area contributed by atoms with Crippen LogP contribution >= 0.6 is 0 Å². The van der Waals surface area contributed by atoms with Crippen molar-refractivity contribution in [2.45, 2.75) is 18.9 Å². The highest BCUT2D eigenvalue weighted by molar-refractivity contribution is 6.11. The number of benzene rings is 3. The van der Waals surface area contributed by atoms with Gasteiger partial charge in [-0.1, -0.05) is 54.6 Å². The lowest BCUT2D eigenvalue weighted by atomic mass is 9.96. The average molecular weight is 517 g/mol. The molecule has 37 heavy (non-hydrogen) atoms. The molecule has 0 fully saturated rings. The maximum Gasteiger partial charge on any atom is 0.416 e. The Kier molecular flexibility index (Phi) is 6.86. The molecule has 0 unspecified atom stereocenters. The van der Waals surface area contributed by atoms with Crippen molar-refractivity contribution < 1.29 is 31.1 Å². The van der Waals surface area contributed by atoms with E-state index in [-0.39, 0.29) is 17.3 Å². The minimum atomic E-state index is -4.99. The molecule has 0 saturated carbocycles. The number of anilines is 1. The largest absolute Gasteiger partial charge is 0.416 e. The van der Waals surface area contributed by atoms with Crippen molar-refractivity contribution in [3.8, 4) is 11.1 Å². The molecule has 0 atom stereocenters. The van der Waals surface area contributed by atoms with Crippen LogP contribution in [0, 0.1) is 0 Å². The summed E-state index contributed by atoms with van der Waals surface area (Å²) in [6.07, 6.45) is -9.97. The van der Waals surface area contributed by atoms with E-state index in [0.29, 0.717) is 34.5 Å². The van der Waals surface area contributed by atoms with Crippen molar-refractivity contribution in [1.29, 1.82) is 0 Å². The predicted molar refractivity (Wildman–Crippen MR) is 129 cm³/mol. The van der Waals surface area contributed by atoms with Gasteiger partial charge in [-0.15, -0.1) is 0 Å². The number of nitrogens with one attached hydrogen (secondary N) is 1. The molecule has 10 heteroatoms. The van der Waals surface area contributed by atoms with E-state index in [4.69, 9.17) is 0 Å². The van der Waals surface area contributed by atoms with Gasteiger partial charge in [0.05, 0.1) is 11.1 Å². The smallest absolute Gasteiger partial charge is 0.373 e. The zero-order valence-electron chi connectivity index (χ0n) is 19.7. The maximum atomic E-state index is 13.6. The maximum absolute atomic E-state index is 13.6. The van der Waals surface area contributed by atoms with E-state index < -0.39 is 35.9 Å². The lowest BCUT2D eigenvalue weighted by Crippen LogP contribution is -2.28. The molecule has 0 spiro atoms. The number of nitrogens with zero attached hydrogens (tertiary/aromatic N) is 2. The van der Waals surface area contributed by atoms with Crippen molar-refractivity contribution in [2.24, 2.45) is 0 Å². The minimum absolute atomic E-state index is 0.0137. The summed E-state index contributed by atoms with van der Waals surface area (Å²) >= 11 is 0. The van der Waals surface area contributed by atoms with E-state index in [1.807, 2.05) is 18.2 Å². The Balaban J connectivity index is 1.82. The third-order valence-electron chi connectivity index (χ3n) is 5.83. The van der Waals surface area contributed by atoms with Gasteiger partial charge in [0.15, 0.2) is 0 Å². The first-order valence-corrected chi connectivity index (χ1v) is 11.1. The number of fused-ring (bicyclic) bond motifs is 1. The number of hydrogen-bond donors (Lipinski definition) is 1. The first kappa shape index (κ1) is 26.0. The van der Waals surface area contributed by atoms with Crippen LogP contribution in [0.25, 0.3) is 21.9 Å². The van der Waals surface area contributed by atoms with Gasteiger partial charge in [0.25, 0.3) is 5.91 Å². The molecule has 1 amide bonds. The molecule has 1 aromatic heterocycles. The van der Waals surface area contributed by atoms with Gasteiger partial charge < -0.3 is 10.2 Å². The molecule has 0 saturated heterocycles. The molecule has 0 aliphatic rings. The second-order valence-corrected chi connectivity index (χ2v) is 8.42. The van der Waals surface area contributed by atoms with Gasteiger partial charge in [0, 0.05) is 31.6 Å². The summed E-state index contributed by atoms with van der Waals surface area (Å²) in [7, 11) is 2.94. The Morgan fingerprint density at radius 3 is 1.92 bits per heavy atom. The molecule has 0 aliphatic heterocycles. The quantitative estimate of drug-likeness (QED) is 0.284. The highest BCUT2D eigenvalue weighted by Gasteiger charge is 2.37. The van der Waals surface area contributed by atoms with Gasteiger partial charge >= 0.3 is 12.4 Å². The van der Waals surface area contributed by atoms with Crippen LogP contribution in [0.5, 0.6) is 0 Å². The zero-order chi connectivity index (χ0) is 27.0. The summed E-state index contributed by atoms with van der Waals surface area (Å²) in [5.74, 6) is -0.252. The van der Waals surface area contributed by atoms with Crippen molar-refractivity contribution in [3.63, 3.8) is 0 Å². The van der Waals surface area contributed by atoms with Crippen LogP contribution < -0.4 is 5.32 Å². The first-order valence-electron chi connectivity index (χ1n) is 11.1. The van der Waals surface area contributed by atoms with Crippen LogP contribution in [0.15, 0.2) is 72.8 Å². The number of amides is 1. The fourth-order valence-electron chi connectivity index (χ4n) is 4.14. The predicted octanol–water partition coefficient (Wildman–Crippen LogP) is 7.25. The van der Waals surface area contributed by atoms with Gasteiger partial charge in [-0.3, -0.25) is 4.79 Å². The number of alkyl halides is 6. The summed E-state index contributed by atoms with van der Waals surface area (Å²) < 4.78 is 79.8. The molecule has 4 nitrogen and oxygen atoms in total. The summed E-state index contributed by atoms with van der Waals surface area (Å²) in [6, 6.07) is 17.5. The first-order chi connectivity index (χ1) is 17.4. The number of carbonyl (C=O) groups excluding carboxylic acids is 1. The second-order valence-electron chi connectivity index (χ2n) is 8.42. The van der Waals surface area contributed by atoms with Crippen molar-refractivity contribution >= 4 is 22.5 Å². The third kappa shape index (κ3) is 5.37. The van der Waals surface area contributed by atoms with Gasteiger partial charge in [-0.25, -0.2) is 4.98 Å². The summed E-state index contributed by atoms with van der Waals surface area (Å²) in [5.41, 5.74) is -1.99. The SMILES string of the molecule is CNc1nc(C(=O)N(C)Cc2cc(C(F)(F)F)cc(C(F)(F)F)c2)c(-c2ccccc2)c2ccccc12. The van der Waals surface area contributed by atoms with Crippen molar-refractivity contribution in [2.75, 3.05) is 19.4 Å². The molecule has 3 aromatic carbocycles. The highest BCUT2D eigenvalue weighted by Crippen LogP contribution is 2.38. The van der Waals surface area contributed by atoms with Crippen LogP contribution in [0.3, 0.4) is 0 Å². The Labute approximate surface area is 208 Å². The molecular formula is C27H21F6N3O.